The number of nitrogens with two attached hydrogens (primary N) is 1. The van der Waals surface area contributed by atoms with Crippen molar-refractivity contribution in [2.75, 3.05) is 4.90 Å². The Hall–Kier alpha value is -1.49. The van der Waals surface area contributed by atoms with Gasteiger partial charge >= 0.3 is 0 Å². The fourth-order valence-corrected chi connectivity index (χ4v) is 4.63. The van der Waals surface area contributed by atoms with Crippen molar-refractivity contribution in [1.29, 1.82) is 0 Å². The van der Waals surface area contributed by atoms with Crippen molar-refractivity contribution in [2.45, 2.75) is 47.2 Å². The molecule has 3 unspecified atom stereocenters. The molecule has 3 nitrogen and oxygen atoms in total. The smallest absolute Gasteiger partial charge is 0.0897 e. The molecule has 114 valence electrons. The van der Waals surface area contributed by atoms with Gasteiger partial charge in [-0.2, -0.15) is 0 Å². The average Bonchev–Trinajstić information content (AvgIpc) is 2.55. The second-order valence-corrected chi connectivity index (χ2v) is 7.14. The van der Waals surface area contributed by atoms with Gasteiger partial charge in [-0.25, -0.2) is 0 Å². The summed E-state index contributed by atoms with van der Waals surface area (Å²) >= 11 is 1.80. The molecule has 2 aliphatic rings. The zero-order valence-electron chi connectivity index (χ0n) is 12.4. The van der Waals surface area contributed by atoms with Gasteiger partial charge in [0.05, 0.1) is 23.5 Å². The van der Waals surface area contributed by atoms with Crippen LogP contribution in [0.25, 0.3) is 0 Å². The summed E-state index contributed by atoms with van der Waals surface area (Å²) in [5.74, 6) is 0. The first-order valence-corrected chi connectivity index (χ1v) is 8.66. The Morgan fingerprint density at radius 3 is 2.18 bits per heavy atom. The minimum absolute atomic E-state index is 0.0481. The molecule has 3 atom stereocenters. The quantitative estimate of drug-likeness (QED) is 0.846. The van der Waals surface area contributed by atoms with Gasteiger partial charge in [-0.3, -0.25) is 0 Å². The summed E-state index contributed by atoms with van der Waals surface area (Å²) < 4.78 is 0. The summed E-state index contributed by atoms with van der Waals surface area (Å²) in [6.07, 6.45) is 2.46. The molecule has 2 aromatic rings. The molecule has 1 fully saturated rings. The zero-order valence-corrected chi connectivity index (χ0v) is 13.2. The molecule has 2 aromatic carbocycles. The van der Waals surface area contributed by atoms with Crippen LogP contribution in [-0.4, -0.2) is 23.3 Å². The van der Waals surface area contributed by atoms with E-state index in [1.54, 1.807) is 11.8 Å². The third kappa shape index (κ3) is 2.22. The van der Waals surface area contributed by atoms with Crippen molar-refractivity contribution in [3.8, 4) is 0 Å². The van der Waals surface area contributed by atoms with Gasteiger partial charge in [-0.05, 0) is 43.5 Å². The standard InChI is InChI=1S/C18H20N2OS/c19-12-6-5-9-15(18(12)21)20-13-7-1-3-10-16(13)22-17-11-4-2-8-14(17)20/h1-4,7-8,10-12,15,18,21H,5-6,9,19H2. The number of para-hydroxylation sites is 2. The van der Waals surface area contributed by atoms with Gasteiger partial charge in [0.25, 0.3) is 0 Å². The van der Waals surface area contributed by atoms with Gasteiger partial charge < -0.3 is 15.7 Å². The van der Waals surface area contributed by atoms with E-state index in [0.717, 1.165) is 19.3 Å². The molecule has 1 saturated carbocycles. The van der Waals surface area contributed by atoms with E-state index in [-0.39, 0.29) is 12.1 Å². The summed E-state index contributed by atoms with van der Waals surface area (Å²) in [5.41, 5.74) is 8.50. The van der Waals surface area contributed by atoms with Crippen molar-refractivity contribution in [2.24, 2.45) is 5.73 Å². The first kappa shape index (κ1) is 14.1. The first-order chi connectivity index (χ1) is 10.8. The Bertz CT molecular complexity index is 645. The van der Waals surface area contributed by atoms with Crippen LogP contribution >= 0.6 is 11.8 Å². The minimum atomic E-state index is -0.488. The lowest BCUT2D eigenvalue weighted by Crippen LogP contribution is -2.53. The van der Waals surface area contributed by atoms with Gasteiger partial charge in [0, 0.05) is 15.8 Å². The number of rotatable bonds is 1. The van der Waals surface area contributed by atoms with E-state index in [1.807, 2.05) is 0 Å². The van der Waals surface area contributed by atoms with E-state index in [4.69, 9.17) is 5.73 Å². The molecule has 22 heavy (non-hydrogen) atoms. The molecule has 0 spiro atoms. The van der Waals surface area contributed by atoms with Crippen molar-refractivity contribution in [1.82, 2.24) is 0 Å². The van der Waals surface area contributed by atoms with E-state index < -0.39 is 6.10 Å². The van der Waals surface area contributed by atoms with Crippen LogP contribution in [0.5, 0.6) is 0 Å². The van der Waals surface area contributed by atoms with Crippen molar-refractivity contribution in [3.63, 3.8) is 0 Å². The largest absolute Gasteiger partial charge is 0.389 e. The molecule has 3 N–H and O–H groups in total. The number of aliphatic hydroxyl groups is 1. The molecule has 0 aromatic heterocycles. The summed E-state index contributed by atoms with van der Waals surface area (Å²) in [4.78, 5) is 4.80. The van der Waals surface area contributed by atoms with E-state index >= 15 is 0 Å². The van der Waals surface area contributed by atoms with Crippen LogP contribution in [0.15, 0.2) is 58.3 Å². The van der Waals surface area contributed by atoms with Crippen molar-refractivity contribution >= 4 is 23.1 Å². The molecular weight excluding hydrogens is 292 g/mol. The highest BCUT2D eigenvalue weighted by Gasteiger charge is 2.37. The maximum atomic E-state index is 10.7. The Labute approximate surface area is 135 Å². The van der Waals surface area contributed by atoms with Gasteiger partial charge in [0.1, 0.15) is 0 Å². The zero-order chi connectivity index (χ0) is 15.1. The van der Waals surface area contributed by atoms with E-state index in [2.05, 4.69) is 53.4 Å². The van der Waals surface area contributed by atoms with Gasteiger partial charge in [0.15, 0.2) is 0 Å². The van der Waals surface area contributed by atoms with Crippen molar-refractivity contribution < 1.29 is 5.11 Å². The van der Waals surface area contributed by atoms with Crippen LogP contribution < -0.4 is 10.6 Å². The highest BCUT2D eigenvalue weighted by Crippen LogP contribution is 2.50. The maximum Gasteiger partial charge on any atom is 0.0897 e. The summed E-state index contributed by atoms with van der Waals surface area (Å²) in [6.45, 7) is 0. The van der Waals surface area contributed by atoms with E-state index in [0.29, 0.717) is 0 Å². The Balaban J connectivity index is 1.84. The summed E-state index contributed by atoms with van der Waals surface area (Å²) in [7, 11) is 0. The molecule has 0 amide bonds. The van der Waals surface area contributed by atoms with Crippen LogP contribution in [0.1, 0.15) is 19.3 Å². The second-order valence-electron chi connectivity index (χ2n) is 6.06. The highest BCUT2D eigenvalue weighted by molar-refractivity contribution is 7.99. The molecule has 0 bridgehead atoms. The predicted molar refractivity (Wildman–Crippen MR) is 90.8 cm³/mol. The van der Waals surface area contributed by atoms with E-state index in [1.165, 1.54) is 21.2 Å². The molecule has 4 heteroatoms. The average molecular weight is 312 g/mol. The second kappa shape index (κ2) is 5.61. The highest BCUT2D eigenvalue weighted by atomic mass is 32.2. The summed E-state index contributed by atoms with van der Waals surface area (Å²) in [6, 6.07) is 16.8. The Kier molecular flexibility index (Phi) is 3.60. The van der Waals surface area contributed by atoms with Crippen LogP contribution in [0.3, 0.4) is 0 Å². The minimum Gasteiger partial charge on any atom is -0.389 e. The number of anilines is 2. The lowest BCUT2D eigenvalue weighted by Gasteiger charge is -2.44. The van der Waals surface area contributed by atoms with Crippen LogP contribution in [0, 0.1) is 0 Å². The van der Waals surface area contributed by atoms with Crippen molar-refractivity contribution in [3.05, 3.63) is 48.5 Å². The molecule has 0 radical (unpaired) electrons. The molecule has 1 heterocycles. The van der Waals surface area contributed by atoms with Crippen LogP contribution in [0.2, 0.25) is 0 Å². The molecule has 0 saturated heterocycles. The predicted octanol–water partition coefficient (Wildman–Crippen LogP) is 3.53. The number of nitrogens with zero attached hydrogens (tertiary/aromatic N) is 1. The van der Waals surface area contributed by atoms with Crippen LogP contribution in [-0.2, 0) is 0 Å². The number of benzene rings is 2. The number of hydrogen-bond donors (Lipinski definition) is 2. The topological polar surface area (TPSA) is 49.5 Å². The van der Waals surface area contributed by atoms with Gasteiger partial charge in [-0.1, -0.05) is 36.0 Å². The fraction of sp³-hybridized carbons (Fsp3) is 0.333. The molecular formula is C18H20N2OS. The molecule has 1 aliphatic carbocycles. The van der Waals surface area contributed by atoms with Gasteiger partial charge in [0.2, 0.25) is 0 Å². The number of fused-ring (bicyclic) bond motifs is 2. The van der Waals surface area contributed by atoms with E-state index in [9.17, 15) is 5.11 Å². The lowest BCUT2D eigenvalue weighted by molar-refractivity contribution is 0.0875. The normalized spacial score (nSPS) is 27.2. The first-order valence-electron chi connectivity index (χ1n) is 7.84. The third-order valence-corrected chi connectivity index (χ3v) is 5.80. The Morgan fingerprint density at radius 2 is 1.55 bits per heavy atom. The maximum absolute atomic E-state index is 10.7. The molecule has 4 rings (SSSR count). The molecule has 1 aliphatic heterocycles. The third-order valence-electron chi connectivity index (χ3n) is 4.67. The SMILES string of the molecule is NC1CCCC(N2c3ccccc3Sc3ccccc32)C1O. The summed E-state index contributed by atoms with van der Waals surface area (Å²) in [5, 5.41) is 10.7. The fourth-order valence-electron chi connectivity index (χ4n) is 3.56. The monoisotopic (exact) mass is 312 g/mol. The lowest BCUT2D eigenvalue weighted by atomic mass is 9.87. The van der Waals surface area contributed by atoms with Gasteiger partial charge in [-0.15, -0.1) is 0 Å². The number of hydrogen-bond acceptors (Lipinski definition) is 4. The number of aliphatic hydroxyl groups excluding tert-OH is 1. The Morgan fingerprint density at radius 1 is 0.955 bits per heavy atom. The van der Waals surface area contributed by atoms with Crippen LogP contribution in [0.4, 0.5) is 11.4 Å².